The fourth-order valence-corrected chi connectivity index (χ4v) is 1.17. The molecule has 0 fully saturated rings. The van der Waals surface area contributed by atoms with Gasteiger partial charge in [0.05, 0.1) is 10.8 Å². The number of hydrogen-bond acceptors (Lipinski definition) is 2. The van der Waals surface area contributed by atoms with Gasteiger partial charge in [-0.1, -0.05) is 0 Å². The van der Waals surface area contributed by atoms with E-state index in [4.69, 9.17) is 0 Å². The summed E-state index contributed by atoms with van der Waals surface area (Å²) in [5.74, 6) is -0.314. The molecule has 1 aromatic carbocycles. The normalized spacial score (nSPS) is 10.4. The second kappa shape index (κ2) is 2.41. The molecular formula is C8H5FN2O. The monoisotopic (exact) mass is 164 g/mol. The molecule has 1 aromatic heterocycles. The molecule has 0 bridgehead atoms. The fraction of sp³-hybridized carbons (Fsp3) is 0. The van der Waals surface area contributed by atoms with Gasteiger partial charge in [0, 0.05) is 11.6 Å². The zero-order chi connectivity index (χ0) is 8.55. The van der Waals surface area contributed by atoms with E-state index in [1.54, 1.807) is 6.07 Å². The van der Waals surface area contributed by atoms with E-state index < -0.39 is 0 Å². The standard InChI is InChI=1S/C8H5FN2O/c9-7-1-2-8-6(5-7)3-4-11(8)10-12/h1-5H. The van der Waals surface area contributed by atoms with Crippen LogP contribution in [-0.4, -0.2) is 4.68 Å². The molecule has 0 radical (unpaired) electrons. The number of halogens is 1. The van der Waals surface area contributed by atoms with E-state index in [9.17, 15) is 9.30 Å². The Morgan fingerprint density at radius 3 is 2.92 bits per heavy atom. The lowest BCUT2D eigenvalue weighted by molar-refractivity contribution is 0.629. The molecular weight excluding hydrogens is 159 g/mol. The lowest BCUT2D eigenvalue weighted by Gasteiger charge is -1.91. The first kappa shape index (κ1) is 6.97. The van der Waals surface area contributed by atoms with Gasteiger partial charge in [0.25, 0.3) is 0 Å². The second-order valence-corrected chi connectivity index (χ2v) is 2.45. The van der Waals surface area contributed by atoms with E-state index in [2.05, 4.69) is 5.29 Å². The van der Waals surface area contributed by atoms with Gasteiger partial charge in [-0.05, 0) is 24.3 Å². The second-order valence-electron chi connectivity index (χ2n) is 2.45. The van der Waals surface area contributed by atoms with Crippen LogP contribution in [0.4, 0.5) is 4.39 Å². The summed E-state index contributed by atoms with van der Waals surface area (Å²) in [6, 6.07) is 5.81. The van der Waals surface area contributed by atoms with Crippen molar-refractivity contribution in [2.24, 2.45) is 5.29 Å². The Morgan fingerprint density at radius 2 is 2.17 bits per heavy atom. The summed E-state index contributed by atoms with van der Waals surface area (Å²) >= 11 is 0. The molecule has 2 rings (SSSR count). The summed E-state index contributed by atoms with van der Waals surface area (Å²) in [4.78, 5) is 10.2. The predicted octanol–water partition coefficient (Wildman–Crippen LogP) is 2.31. The molecule has 0 unspecified atom stereocenters. The Balaban J connectivity index is 2.81. The average molecular weight is 164 g/mol. The van der Waals surface area contributed by atoms with Gasteiger partial charge in [0.15, 0.2) is 0 Å². The van der Waals surface area contributed by atoms with Crippen LogP contribution in [0.5, 0.6) is 0 Å². The van der Waals surface area contributed by atoms with Crippen molar-refractivity contribution in [2.75, 3.05) is 0 Å². The Bertz CT molecular complexity index is 436. The summed E-state index contributed by atoms with van der Waals surface area (Å²) in [5, 5.41) is 3.41. The van der Waals surface area contributed by atoms with Crippen molar-refractivity contribution >= 4 is 10.9 Å². The maximum absolute atomic E-state index is 12.6. The number of nitroso groups, excluding NO2 is 1. The Kier molecular flexibility index (Phi) is 1.40. The maximum Gasteiger partial charge on any atom is 0.123 e. The minimum atomic E-state index is -0.314. The van der Waals surface area contributed by atoms with E-state index in [-0.39, 0.29) is 5.82 Å². The van der Waals surface area contributed by atoms with Crippen LogP contribution in [0.2, 0.25) is 0 Å². The van der Waals surface area contributed by atoms with E-state index >= 15 is 0 Å². The molecule has 0 N–H and O–H groups in total. The smallest absolute Gasteiger partial charge is 0.123 e. The highest BCUT2D eigenvalue weighted by molar-refractivity contribution is 5.79. The van der Waals surface area contributed by atoms with Crippen molar-refractivity contribution in [3.8, 4) is 0 Å². The molecule has 0 aliphatic rings. The largest absolute Gasteiger partial charge is 0.207 e. The average Bonchev–Trinajstić information content (AvgIpc) is 2.46. The van der Waals surface area contributed by atoms with Crippen LogP contribution >= 0.6 is 0 Å². The minimum absolute atomic E-state index is 0.314. The zero-order valence-corrected chi connectivity index (χ0v) is 6.07. The molecule has 2 aromatic rings. The van der Waals surface area contributed by atoms with Crippen LogP contribution in [0, 0.1) is 10.7 Å². The molecule has 1 heterocycles. The topological polar surface area (TPSA) is 34.4 Å². The first-order valence-corrected chi connectivity index (χ1v) is 3.41. The van der Waals surface area contributed by atoms with Gasteiger partial charge >= 0.3 is 0 Å². The summed E-state index contributed by atoms with van der Waals surface area (Å²) in [6.07, 6.45) is 1.50. The third-order valence-electron chi connectivity index (χ3n) is 1.72. The summed E-state index contributed by atoms with van der Waals surface area (Å²) < 4.78 is 13.8. The quantitative estimate of drug-likeness (QED) is 0.595. The molecule has 0 aliphatic heterocycles. The Hall–Kier alpha value is -1.71. The van der Waals surface area contributed by atoms with Crippen molar-refractivity contribution < 1.29 is 4.39 Å². The molecule has 4 heteroatoms. The van der Waals surface area contributed by atoms with E-state index in [0.717, 1.165) is 4.68 Å². The molecule has 0 aliphatic carbocycles. The fourth-order valence-electron chi connectivity index (χ4n) is 1.17. The first-order valence-electron chi connectivity index (χ1n) is 3.41. The van der Waals surface area contributed by atoms with Crippen molar-refractivity contribution in [3.05, 3.63) is 41.2 Å². The molecule has 0 saturated heterocycles. The molecule has 0 amide bonds. The Morgan fingerprint density at radius 1 is 1.33 bits per heavy atom. The number of benzene rings is 1. The lowest BCUT2D eigenvalue weighted by atomic mass is 10.2. The van der Waals surface area contributed by atoms with E-state index in [0.29, 0.717) is 10.9 Å². The number of hydrogen-bond donors (Lipinski definition) is 0. The molecule has 0 spiro atoms. The minimum Gasteiger partial charge on any atom is -0.207 e. The summed E-state index contributed by atoms with van der Waals surface area (Å²) in [7, 11) is 0. The van der Waals surface area contributed by atoms with Crippen LogP contribution in [0.1, 0.15) is 0 Å². The molecule has 12 heavy (non-hydrogen) atoms. The highest BCUT2D eigenvalue weighted by Gasteiger charge is 2.00. The van der Waals surface area contributed by atoms with Gasteiger partial charge in [0.1, 0.15) is 5.82 Å². The van der Waals surface area contributed by atoms with E-state index in [1.165, 1.54) is 24.4 Å². The van der Waals surface area contributed by atoms with E-state index in [1.807, 2.05) is 0 Å². The maximum atomic E-state index is 12.6. The Labute approximate surface area is 67.4 Å². The van der Waals surface area contributed by atoms with Crippen molar-refractivity contribution in [1.29, 1.82) is 0 Å². The van der Waals surface area contributed by atoms with Gasteiger partial charge in [0.2, 0.25) is 0 Å². The number of fused-ring (bicyclic) bond motifs is 1. The number of rotatable bonds is 1. The predicted molar refractivity (Wildman–Crippen MR) is 43.1 cm³/mol. The third kappa shape index (κ3) is 0.887. The van der Waals surface area contributed by atoms with Gasteiger partial charge in [-0.2, -0.15) is 0 Å². The van der Waals surface area contributed by atoms with Crippen LogP contribution in [0.25, 0.3) is 10.9 Å². The molecule has 0 saturated carbocycles. The van der Waals surface area contributed by atoms with Crippen molar-refractivity contribution in [1.82, 2.24) is 4.68 Å². The summed E-state index contributed by atoms with van der Waals surface area (Å²) in [6.45, 7) is 0. The van der Waals surface area contributed by atoms with Crippen LogP contribution < -0.4 is 0 Å². The first-order chi connectivity index (χ1) is 5.81. The van der Waals surface area contributed by atoms with Crippen LogP contribution in [0.3, 0.4) is 0 Å². The van der Waals surface area contributed by atoms with Crippen LogP contribution in [0.15, 0.2) is 35.7 Å². The SMILES string of the molecule is O=Nn1ccc2cc(F)ccc21. The molecule has 0 atom stereocenters. The number of aromatic nitrogens is 1. The van der Waals surface area contributed by atoms with Gasteiger partial charge < -0.3 is 0 Å². The molecule has 60 valence electrons. The highest BCUT2D eigenvalue weighted by Crippen LogP contribution is 2.16. The number of nitrogens with zero attached hydrogens (tertiary/aromatic N) is 2. The van der Waals surface area contributed by atoms with Crippen molar-refractivity contribution in [3.63, 3.8) is 0 Å². The van der Waals surface area contributed by atoms with Crippen LogP contribution in [-0.2, 0) is 0 Å². The summed E-state index contributed by atoms with van der Waals surface area (Å²) in [5.41, 5.74) is 0.617. The van der Waals surface area contributed by atoms with Gasteiger partial charge in [-0.3, -0.25) is 0 Å². The zero-order valence-electron chi connectivity index (χ0n) is 6.07. The third-order valence-corrected chi connectivity index (χ3v) is 1.72. The van der Waals surface area contributed by atoms with Gasteiger partial charge in [-0.25, -0.2) is 9.07 Å². The van der Waals surface area contributed by atoms with Gasteiger partial charge in [-0.15, -0.1) is 4.91 Å². The lowest BCUT2D eigenvalue weighted by Crippen LogP contribution is -1.82. The van der Waals surface area contributed by atoms with Crippen molar-refractivity contribution in [2.45, 2.75) is 0 Å². The molecule has 3 nitrogen and oxygen atoms in total. The highest BCUT2D eigenvalue weighted by atomic mass is 19.1.